The van der Waals surface area contributed by atoms with Crippen molar-refractivity contribution in [3.63, 3.8) is 0 Å². The first-order chi connectivity index (χ1) is 7.54. The van der Waals surface area contributed by atoms with Crippen LogP contribution in [0.25, 0.3) is 0 Å². The Labute approximate surface area is 105 Å². The maximum Gasteiger partial charge on any atom is 0.0479 e. The van der Waals surface area contributed by atoms with Crippen LogP contribution in [0.5, 0.6) is 0 Å². The molecule has 0 aromatic heterocycles. The molecule has 0 aliphatic heterocycles. The molecule has 0 aliphatic carbocycles. The van der Waals surface area contributed by atoms with E-state index in [2.05, 4.69) is 45.9 Å². The van der Waals surface area contributed by atoms with Gasteiger partial charge in [-0.05, 0) is 41.4 Å². The van der Waals surface area contributed by atoms with Crippen molar-refractivity contribution in [2.45, 2.75) is 46.4 Å². The Morgan fingerprint density at radius 2 is 1.38 bits per heavy atom. The third-order valence-electron chi connectivity index (χ3n) is 2.76. The predicted molar refractivity (Wildman–Crippen MR) is 73.1 cm³/mol. The lowest BCUT2D eigenvalue weighted by Crippen LogP contribution is -2.04. The van der Waals surface area contributed by atoms with Gasteiger partial charge in [-0.3, -0.25) is 0 Å². The van der Waals surface area contributed by atoms with Crippen LogP contribution in [0.4, 0.5) is 0 Å². The lowest BCUT2D eigenvalue weighted by molar-refractivity contribution is 0.630. The average molecular weight is 239 g/mol. The van der Waals surface area contributed by atoms with Gasteiger partial charge in [0.05, 0.1) is 0 Å². The van der Waals surface area contributed by atoms with Crippen molar-refractivity contribution in [1.29, 1.82) is 0 Å². The Kier molecular flexibility index (Phi) is 5.34. The van der Waals surface area contributed by atoms with Gasteiger partial charge in [0.1, 0.15) is 0 Å². The lowest BCUT2D eigenvalue weighted by atomic mass is 9.91. The molecule has 1 rings (SSSR count). The van der Waals surface area contributed by atoms with Gasteiger partial charge in [-0.1, -0.05) is 45.9 Å². The maximum atomic E-state index is 6.10. The predicted octanol–water partition coefficient (Wildman–Crippen LogP) is 4.82. The highest BCUT2D eigenvalue weighted by Gasteiger charge is 2.09. The largest absolute Gasteiger partial charge is 0.122 e. The molecule has 1 aromatic rings. The summed E-state index contributed by atoms with van der Waals surface area (Å²) in [6.07, 6.45) is 2.27. The third kappa shape index (κ3) is 3.83. The van der Waals surface area contributed by atoms with Crippen molar-refractivity contribution in [1.82, 2.24) is 0 Å². The number of halogens is 1. The van der Waals surface area contributed by atoms with E-state index in [0.717, 1.165) is 12.8 Å². The van der Waals surface area contributed by atoms with Gasteiger partial charge in [-0.25, -0.2) is 0 Å². The van der Waals surface area contributed by atoms with Gasteiger partial charge in [0.2, 0.25) is 0 Å². The molecule has 16 heavy (non-hydrogen) atoms. The first kappa shape index (κ1) is 13.6. The number of benzene rings is 1. The van der Waals surface area contributed by atoms with E-state index in [1.54, 1.807) is 0 Å². The fourth-order valence-corrected chi connectivity index (χ4v) is 2.46. The Morgan fingerprint density at radius 3 is 1.69 bits per heavy atom. The minimum Gasteiger partial charge on any atom is -0.122 e. The molecule has 0 saturated carbocycles. The summed E-state index contributed by atoms with van der Waals surface area (Å²) in [4.78, 5) is 0. The van der Waals surface area contributed by atoms with Crippen molar-refractivity contribution < 1.29 is 0 Å². The number of rotatable bonds is 5. The SMILES string of the molecule is CC(C)Cc1cccc(CC(C)C)c1CCl. The van der Waals surface area contributed by atoms with Gasteiger partial charge < -0.3 is 0 Å². The summed E-state index contributed by atoms with van der Waals surface area (Å²) in [6.45, 7) is 9.03. The van der Waals surface area contributed by atoms with Crippen LogP contribution in [0.15, 0.2) is 18.2 Å². The molecular formula is C15H23Cl. The minimum atomic E-state index is 0.644. The minimum absolute atomic E-state index is 0.644. The van der Waals surface area contributed by atoms with Crippen LogP contribution in [0.1, 0.15) is 44.4 Å². The monoisotopic (exact) mass is 238 g/mol. The van der Waals surface area contributed by atoms with Crippen molar-refractivity contribution >= 4 is 11.6 Å². The summed E-state index contributed by atoms with van der Waals surface area (Å²) < 4.78 is 0. The quantitative estimate of drug-likeness (QED) is 0.645. The fraction of sp³-hybridized carbons (Fsp3) is 0.600. The molecule has 90 valence electrons. The standard InChI is InChI=1S/C15H23Cl/c1-11(2)8-13-6-5-7-14(9-12(3)4)15(13)10-16/h5-7,11-12H,8-10H2,1-4H3. The van der Waals surface area contributed by atoms with Crippen LogP contribution >= 0.6 is 11.6 Å². The van der Waals surface area contributed by atoms with Crippen LogP contribution < -0.4 is 0 Å². The van der Waals surface area contributed by atoms with Gasteiger partial charge in [0, 0.05) is 5.88 Å². The second-order valence-corrected chi connectivity index (χ2v) is 5.65. The van der Waals surface area contributed by atoms with E-state index in [1.807, 2.05) is 0 Å². The molecule has 0 N–H and O–H groups in total. The molecule has 0 spiro atoms. The zero-order valence-electron chi connectivity index (χ0n) is 10.9. The molecule has 0 unspecified atom stereocenters. The molecule has 1 heteroatoms. The molecule has 0 nitrogen and oxygen atoms in total. The van der Waals surface area contributed by atoms with Crippen molar-refractivity contribution in [3.05, 3.63) is 34.9 Å². The Morgan fingerprint density at radius 1 is 0.938 bits per heavy atom. The third-order valence-corrected chi connectivity index (χ3v) is 3.03. The smallest absolute Gasteiger partial charge is 0.0479 e. The second kappa shape index (κ2) is 6.30. The molecule has 0 heterocycles. The average Bonchev–Trinajstić information content (AvgIpc) is 2.16. The molecular weight excluding hydrogens is 216 g/mol. The van der Waals surface area contributed by atoms with E-state index >= 15 is 0 Å². The van der Waals surface area contributed by atoms with Crippen molar-refractivity contribution in [2.75, 3.05) is 0 Å². The molecule has 0 saturated heterocycles. The van der Waals surface area contributed by atoms with Crippen molar-refractivity contribution in [2.24, 2.45) is 11.8 Å². The Hall–Kier alpha value is -0.490. The number of alkyl halides is 1. The van der Waals surface area contributed by atoms with Gasteiger partial charge in [-0.15, -0.1) is 11.6 Å². The van der Waals surface area contributed by atoms with Crippen LogP contribution in [-0.2, 0) is 18.7 Å². The van der Waals surface area contributed by atoms with Crippen LogP contribution in [0, 0.1) is 11.8 Å². The molecule has 1 aromatic carbocycles. The van der Waals surface area contributed by atoms with Crippen molar-refractivity contribution in [3.8, 4) is 0 Å². The van der Waals surface area contributed by atoms with E-state index in [4.69, 9.17) is 11.6 Å². The van der Waals surface area contributed by atoms with Crippen LogP contribution in [0.2, 0.25) is 0 Å². The second-order valence-electron chi connectivity index (χ2n) is 5.38. The highest BCUT2D eigenvalue weighted by atomic mass is 35.5. The summed E-state index contributed by atoms with van der Waals surface area (Å²) in [6, 6.07) is 6.62. The topological polar surface area (TPSA) is 0 Å². The highest BCUT2D eigenvalue weighted by molar-refractivity contribution is 6.17. The first-order valence-electron chi connectivity index (χ1n) is 6.20. The molecule has 0 radical (unpaired) electrons. The van der Waals surface area contributed by atoms with E-state index in [1.165, 1.54) is 16.7 Å². The zero-order valence-corrected chi connectivity index (χ0v) is 11.6. The first-order valence-corrected chi connectivity index (χ1v) is 6.73. The summed E-state index contributed by atoms with van der Waals surface area (Å²) in [7, 11) is 0. The van der Waals surface area contributed by atoms with E-state index in [-0.39, 0.29) is 0 Å². The normalized spacial score (nSPS) is 11.4. The molecule has 0 atom stereocenters. The highest BCUT2D eigenvalue weighted by Crippen LogP contribution is 2.22. The van der Waals surface area contributed by atoms with Crippen LogP contribution in [0.3, 0.4) is 0 Å². The summed E-state index contributed by atoms with van der Waals surface area (Å²) in [5, 5.41) is 0. The van der Waals surface area contributed by atoms with Crippen LogP contribution in [-0.4, -0.2) is 0 Å². The maximum absolute atomic E-state index is 6.10. The summed E-state index contributed by atoms with van der Waals surface area (Å²) in [5.74, 6) is 2.03. The summed E-state index contributed by atoms with van der Waals surface area (Å²) in [5.41, 5.74) is 4.23. The zero-order chi connectivity index (χ0) is 12.1. The molecule has 0 aliphatic rings. The number of hydrogen-bond acceptors (Lipinski definition) is 0. The molecule has 0 bridgehead atoms. The van der Waals surface area contributed by atoms with E-state index in [0.29, 0.717) is 17.7 Å². The molecule has 0 amide bonds. The van der Waals surface area contributed by atoms with Gasteiger partial charge in [0.15, 0.2) is 0 Å². The van der Waals surface area contributed by atoms with Gasteiger partial charge >= 0.3 is 0 Å². The number of hydrogen-bond donors (Lipinski definition) is 0. The van der Waals surface area contributed by atoms with Gasteiger partial charge in [0.25, 0.3) is 0 Å². The van der Waals surface area contributed by atoms with Gasteiger partial charge in [-0.2, -0.15) is 0 Å². The van der Waals surface area contributed by atoms with E-state index in [9.17, 15) is 0 Å². The molecule has 0 fully saturated rings. The Bertz CT molecular complexity index is 298. The lowest BCUT2D eigenvalue weighted by Gasteiger charge is -2.15. The van der Waals surface area contributed by atoms with E-state index < -0.39 is 0 Å². The fourth-order valence-electron chi connectivity index (χ4n) is 2.12. The Balaban J connectivity index is 3.00. The summed E-state index contributed by atoms with van der Waals surface area (Å²) >= 11 is 6.10.